The van der Waals surface area contributed by atoms with E-state index in [1.54, 1.807) is 11.8 Å². The Kier molecular flexibility index (Phi) is 5.13. The minimum Gasteiger partial charge on any atom is -0.379 e. The molecule has 2 aromatic carbocycles. The molecule has 28 heavy (non-hydrogen) atoms. The molecular formula is C22H24N4OS. The molecule has 4 N–H and O–H groups in total. The Bertz CT molecular complexity index is 1040. The number of benzene rings is 2. The summed E-state index contributed by atoms with van der Waals surface area (Å²) in [6.45, 7) is 2.09. The summed E-state index contributed by atoms with van der Waals surface area (Å²) < 4.78 is 0. The maximum atomic E-state index is 12.5. The van der Waals surface area contributed by atoms with Crippen molar-refractivity contribution in [2.24, 2.45) is 10.7 Å². The lowest BCUT2D eigenvalue weighted by Gasteiger charge is -2.30. The number of hydrogen-bond acceptors (Lipinski definition) is 4. The summed E-state index contributed by atoms with van der Waals surface area (Å²) in [5.74, 6) is 0.961. The van der Waals surface area contributed by atoms with Gasteiger partial charge >= 0.3 is 0 Å². The van der Waals surface area contributed by atoms with E-state index in [0.717, 1.165) is 34.5 Å². The highest BCUT2D eigenvalue weighted by Crippen LogP contribution is 2.35. The van der Waals surface area contributed by atoms with Crippen molar-refractivity contribution < 1.29 is 4.79 Å². The number of amidine groups is 1. The van der Waals surface area contributed by atoms with Crippen LogP contribution in [0.25, 0.3) is 10.9 Å². The number of nitrogens with zero attached hydrogens (tertiary/aromatic N) is 1. The summed E-state index contributed by atoms with van der Waals surface area (Å²) in [5.41, 5.74) is 9.74. The molecule has 3 aromatic rings. The van der Waals surface area contributed by atoms with Gasteiger partial charge in [0.25, 0.3) is 0 Å². The molecule has 1 unspecified atom stereocenters. The van der Waals surface area contributed by atoms with Crippen LogP contribution in [0.1, 0.15) is 30.9 Å². The summed E-state index contributed by atoms with van der Waals surface area (Å²) in [6, 6.07) is 16.1. The Morgan fingerprint density at radius 3 is 3.00 bits per heavy atom. The van der Waals surface area contributed by atoms with Crippen LogP contribution in [0.4, 0.5) is 5.69 Å². The Labute approximate surface area is 168 Å². The predicted molar refractivity (Wildman–Crippen MR) is 118 cm³/mol. The van der Waals surface area contributed by atoms with Gasteiger partial charge < -0.3 is 16.0 Å². The zero-order valence-corrected chi connectivity index (χ0v) is 16.7. The Balaban J connectivity index is 1.43. The van der Waals surface area contributed by atoms with Gasteiger partial charge in [0, 0.05) is 35.0 Å². The van der Waals surface area contributed by atoms with Gasteiger partial charge in [-0.05, 0) is 49.1 Å². The molecule has 1 amide bonds. The average molecular weight is 393 g/mol. The van der Waals surface area contributed by atoms with Gasteiger partial charge in [0.1, 0.15) is 0 Å². The standard InChI is InChI=1S/C22H24N4OS/c1-22(11-12-28-21(23)26-22)16-5-4-6-17(13-16)25-20(27)10-9-15-14-24-19-8-3-2-7-18(15)19/h2-8,13-14,24H,9-12H2,1H3,(H2,23,26)(H,25,27). The second-order valence-electron chi connectivity index (χ2n) is 7.31. The Hall–Kier alpha value is -2.73. The smallest absolute Gasteiger partial charge is 0.224 e. The van der Waals surface area contributed by atoms with Gasteiger partial charge in [0.2, 0.25) is 5.91 Å². The normalized spacial score (nSPS) is 19.4. The number of anilines is 1. The van der Waals surface area contributed by atoms with Crippen molar-refractivity contribution in [2.45, 2.75) is 31.7 Å². The average Bonchev–Trinajstić information content (AvgIpc) is 3.10. The van der Waals surface area contributed by atoms with Gasteiger partial charge in [-0.3, -0.25) is 9.79 Å². The lowest BCUT2D eigenvalue weighted by molar-refractivity contribution is -0.116. The van der Waals surface area contributed by atoms with Gasteiger partial charge in [-0.2, -0.15) is 0 Å². The van der Waals surface area contributed by atoms with Crippen LogP contribution >= 0.6 is 11.8 Å². The van der Waals surface area contributed by atoms with Crippen LogP contribution in [0.15, 0.2) is 59.7 Å². The first-order valence-electron chi connectivity index (χ1n) is 9.47. The maximum absolute atomic E-state index is 12.5. The van der Waals surface area contributed by atoms with E-state index < -0.39 is 0 Å². The minimum atomic E-state index is -0.333. The highest BCUT2D eigenvalue weighted by Gasteiger charge is 2.29. The molecule has 0 fully saturated rings. The number of para-hydroxylation sites is 1. The zero-order chi connectivity index (χ0) is 19.6. The fourth-order valence-corrected chi connectivity index (χ4v) is 4.61. The first kappa shape index (κ1) is 18.6. The number of aliphatic imine (C=N–C) groups is 1. The number of fused-ring (bicyclic) bond motifs is 1. The molecule has 0 spiro atoms. The third kappa shape index (κ3) is 3.92. The number of rotatable bonds is 5. The Morgan fingerprint density at radius 2 is 2.14 bits per heavy atom. The van der Waals surface area contributed by atoms with Gasteiger partial charge in [-0.1, -0.05) is 42.1 Å². The van der Waals surface area contributed by atoms with E-state index in [9.17, 15) is 4.79 Å². The van der Waals surface area contributed by atoms with Gasteiger partial charge in [-0.25, -0.2) is 0 Å². The lowest BCUT2D eigenvalue weighted by Crippen LogP contribution is -2.28. The van der Waals surface area contributed by atoms with E-state index in [1.807, 2.05) is 48.7 Å². The SMILES string of the molecule is CC1(c2cccc(NC(=O)CCc3c[nH]c4ccccc34)c2)CCSC(N)=N1. The highest BCUT2D eigenvalue weighted by atomic mass is 32.2. The molecule has 1 aliphatic heterocycles. The molecule has 0 aliphatic carbocycles. The molecule has 144 valence electrons. The van der Waals surface area contributed by atoms with Crippen molar-refractivity contribution in [1.82, 2.24) is 4.98 Å². The van der Waals surface area contributed by atoms with E-state index >= 15 is 0 Å². The summed E-state index contributed by atoms with van der Waals surface area (Å²) in [6.07, 6.45) is 4.05. The number of carbonyl (C=O) groups excluding carboxylic acids is 1. The van der Waals surface area contributed by atoms with Crippen LogP contribution in [0.3, 0.4) is 0 Å². The number of nitrogens with one attached hydrogen (secondary N) is 2. The molecule has 0 saturated heterocycles. The first-order chi connectivity index (χ1) is 13.5. The largest absolute Gasteiger partial charge is 0.379 e. The van der Waals surface area contributed by atoms with Crippen molar-refractivity contribution in [3.8, 4) is 0 Å². The number of aryl methyl sites for hydroxylation is 1. The van der Waals surface area contributed by atoms with E-state index in [2.05, 4.69) is 28.3 Å². The molecule has 5 nitrogen and oxygen atoms in total. The van der Waals surface area contributed by atoms with Crippen LogP contribution in [0, 0.1) is 0 Å². The predicted octanol–water partition coefficient (Wildman–Crippen LogP) is 4.41. The topological polar surface area (TPSA) is 83.3 Å². The summed E-state index contributed by atoms with van der Waals surface area (Å²) in [7, 11) is 0. The van der Waals surface area contributed by atoms with Crippen LogP contribution < -0.4 is 11.1 Å². The molecule has 1 aromatic heterocycles. The van der Waals surface area contributed by atoms with E-state index in [0.29, 0.717) is 18.0 Å². The third-order valence-electron chi connectivity index (χ3n) is 5.26. The highest BCUT2D eigenvalue weighted by molar-refractivity contribution is 8.13. The molecule has 0 radical (unpaired) electrons. The number of aromatic amines is 1. The van der Waals surface area contributed by atoms with Crippen molar-refractivity contribution in [3.63, 3.8) is 0 Å². The van der Waals surface area contributed by atoms with Gasteiger partial charge in [0.05, 0.1) is 5.54 Å². The number of nitrogens with two attached hydrogens (primary N) is 1. The van der Waals surface area contributed by atoms with Crippen LogP contribution in [0.5, 0.6) is 0 Å². The molecule has 0 bridgehead atoms. The summed E-state index contributed by atoms with van der Waals surface area (Å²) in [5, 5.41) is 4.83. The second kappa shape index (κ2) is 7.72. The van der Waals surface area contributed by atoms with Gasteiger partial charge in [0.15, 0.2) is 5.17 Å². The number of H-pyrrole nitrogens is 1. The molecule has 1 atom stereocenters. The number of carbonyl (C=O) groups is 1. The third-order valence-corrected chi connectivity index (χ3v) is 6.06. The summed E-state index contributed by atoms with van der Waals surface area (Å²) >= 11 is 1.59. The molecular weight excluding hydrogens is 368 g/mol. The monoisotopic (exact) mass is 392 g/mol. The van der Waals surface area contributed by atoms with Crippen LogP contribution in [-0.4, -0.2) is 21.8 Å². The quantitative estimate of drug-likeness (QED) is 0.601. The second-order valence-corrected chi connectivity index (χ2v) is 8.43. The zero-order valence-electron chi connectivity index (χ0n) is 15.9. The van der Waals surface area contributed by atoms with Crippen LogP contribution in [0.2, 0.25) is 0 Å². The number of aromatic nitrogens is 1. The fourth-order valence-electron chi connectivity index (χ4n) is 3.64. The number of hydrogen-bond donors (Lipinski definition) is 3. The molecule has 2 heterocycles. The minimum absolute atomic E-state index is 0.00907. The van der Waals surface area contributed by atoms with E-state index in [4.69, 9.17) is 5.73 Å². The number of amides is 1. The van der Waals surface area contributed by atoms with Crippen molar-refractivity contribution in [2.75, 3.05) is 11.1 Å². The lowest BCUT2D eigenvalue weighted by atomic mass is 9.89. The molecule has 0 saturated carbocycles. The van der Waals surface area contributed by atoms with Gasteiger partial charge in [-0.15, -0.1) is 0 Å². The van der Waals surface area contributed by atoms with Crippen LogP contribution in [-0.2, 0) is 16.8 Å². The Morgan fingerprint density at radius 1 is 1.29 bits per heavy atom. The fraction of sp³-hybridized carbons (Fsp3) is 0.273. The van der Waals surface area contributed by atoms with Crippen molar-refractivity contribution in [1.29, 1.82) is 0 Å². The molecule has 6 heteroatoms. The van der Waals surface area contributed by atoms with E-state index in [1.165, 1.54) is 5.39 Å². The first-order valence-corrected chi connectivity index (χ1v) is 10.5. The number of thioether (sulfide) groups is 1. The molecule has 1 aliphatic rings. The van der Waals surface area contributed by atoms with Crippen molar-refractivity contribution in [3.05, 3.63) is 65.9 Å². The molecule has 4 rings (SSSR count). The maximum Gasteiger partial charge on any atom is 0.224 e. The van der Waals surface area contributed by atoms with E-state index in [-0.39, 0.29) is 11.4 Å². The summed E-state index contributed by atoms with van der Waals surface area (Å²) in [4.78, 5) is 20.4. The van der Waals surface area contributed by atoms with Crippen molar-refractivity contribution >= 4 is 39.4 Å².